The van der Waals surface area contributed by atoms with Gasteiger partial charge in [0.05, 0.1) is 22.6 Å². The van der Waals surface area contributed by atoms with Crippen LogP contribution in [0.15, 0.2) is 78.9 Å². The van der Waals surface area contributed by atoms with Crippen molar-refractivity contribution in [1.82, 2.24) is 0 Å². The number of carbonyl (C=O) groups is 2. The van der Waals surface area contributed by atoms with Crippen molar-refractivity contribution in [1.29, 1.82) is 0 Å². The molecule has 31 heavy (non-hydrogen) atoms. The van der Waals surface area contributed by atoms with Crippen LogP contribution in [0.1, 0.15) is 31.8 Å². The molecule has 0 heterocycles. The summed E-state index contributed by atoms with van der Waals surface area (Å²) in [4.78, 5) is 24.1. The Bertz CT molecular complexity index is 1180. The topological polar surface area (TPSA) is 101 Å². The van der Waals surface area contributed by atoms with Crippen molar-refractivity contribution in [3.05, 3.63) is 101 Å². The van der Waals surface area contributed by atoms with E-state index in [2.05, 4.69) is 0 Å². The van der Waals surface area contributed by atoms with Gasteiger partial charge in [-0.25, -0.2) is 18.0 Å². The Labute approximate surface area is 180 Å². The van der Waals surface area contributed by atoms with E-state index in [4.69, 9.17) is 4.74 Å². The Morgan fingerprint density at radius 2 is 1.42 bits per heavy atom. The second-order valence-electron chi connectivity index (χ2n) is 6.84. The van der Waals surface area contributed by atoms with E-state index in [0.717, 1.165) is 15.9 Å². The Kier molecular flexibility index (Phi) is 6.71. The van der Waals surface area contributed by atoms with E-state index in [9.17, 15) is 23.1 Å². The number of nitrogens with zero attached hydrogens (tertiary/aromatic N) is 1. The maximum absolute atomic E-state index is 12.8. The predicted octanol–water partition coefficient (Wildman–Crippen LogP) is 3.71. The Morgan fingerprint density at radius 1 is 0.871 bits per heavy atom. The first kappa shape index (κ1) is 22.0. The van der Waals surface area contributed by atoms with Crippen LogP contribution in [0.4, 0.5) is 5.69 Å². The van der Waals surface area contributed by atoms with Gasteiger partial charge in [-0.05, 0) is 29.3 Å². The molecule has 0 bridgehead atoms. The van der Waals surface area contributed by atoms with Gasteiger partial charge in [-0.15, -0.1) is 0 Å². The molecule has 0 unspecified atom stereocenters. The second kappa shape index (κ2) is 9.44. The largest absolute Gasteiger partial charge is 0.478 e. The van der Waals surface area contributed by atoms with Crippen LogP contribution in [0.2, 0.25) is 0 Å². The first-order valence-electron chi connectivity index (χ1n) is 9.36. The van der Waals surface area contributed by atoms with Crippen LogP contribution in [-0.4, -0.2) is 32.5 Å². The predicted molar refractivity (Wildman–Crippen MR) is 116 cm³/mol. The number of hydrogen-bond acceptors (Lipinski definition) is 5. The van der Waals surface area contributed by atoms with Crippen LogP contribution in [0, 0.1) is 0 Å². The zero-order chi connectivity index (χ0) is 22.4. The number of ether oxygens (including phenoxy) is 1. The summed E-state index contributed by atoms with van der Waals surface area (Å²) >= 11 is 0. The number of carboxylic acid groups (broad SMARTS) is 1. The van der Waals surface area contributed by atoms with E-state index in [-0.39, 0.29) is 29.2 Å². The van der Waals surface area contributed by atoms with Gasteiger partial charge in [-0.3, -0.25) is 4.31 Å². The van der Waals surface area contributed by atoms with Crippen molar-refractivity contribution < 1.29 is 27.9 Å². The molecule has 7 nitrogen and oxygen atoms in total. The quantitative estimate of drug-likeness (QED) is 0.537. The zero-order valence-electron chi connectivity index (χ0n) is 16.8. The molecular formula is C23H21NO6S. The van der Waals surface area contributed by atoms with Crippen LogP contribution in [0.3, 0.4) is 0 Å². The minimum atomic E-state index is -3.82. The molecule has 0 atom stereocenters. The molecule has 160 valence electrons. The molecule has 0 spiro atoms. The van der Waals surface area contributed by atoms with E-state index in [1.165, 1.54) is 19.2 Å². The molecular weight excluding hydrogens is 418 g/mol. The van der Waals surface area contributed by atoms with Crippen molar-refractivity contribution in [2.24, 2.45) is 0 Å². The summed E-state index contributed by atoms with van der Waals surface area (Å²) in [7, 11) is -2.50. The van der Waals surface area contributed by atoms with Gasteiger partial charge in [0.25, 0.3) is 0 Å². The van der Waals surface area contributed by atoms with Gasteiger partial charge in [-0.2, -0.15) is 0 Å². The smallest absolute Gasteiger partial charge is 0.338 e. The standard InChI is InChI=1S/C23H21NO6S/c1-24(31(28,29)16-18-10-6-3-7-11-18)21-13-19(22(25)26)12-20(14-21)23(27)30-15-17-8-4-2-5-9-17/h2-14H,15-16H2,1H3,(H,25,26). The Morgan fingerprint density at radius 3 is 2.00 bits per heavy atom. The van der Waals surface area contributed by atoms with Gasteiger partial charge in [-0.1, -0.05) is 60.7 Å². The maximum Gasteiger partial charge on any atom is 0.338 e. The van der Waals surface area contributed by atoms with E-state index in [1.807, 2.05) is 6.07 Å². The lowest BCUT2D eigenvalue weighted by atomic mass is 10.1. The summed E-state index contributed by atoms with van der Waals surface area (Å²) in [6.45, 7) is 0.00838. The fourth-order valence-corrected chi connectivity index (χ4v) is 4.12. The molecule has 0 aromatic heterocycles. The zero-order valence-corrected chi connectivity index (χ0v) is 17.6. The fourth-order valence-electron chi connectivity index (χ4n) is 2.88. The summed E-state index contributed by atoms with van der Waals surface area (Å²) in [6.07, 6.45) is 0. The van der Waals surface area contributed by atoms with Gasteiger partial charge in [0.15, 0.2) is 0 Å². The van der Waals surface area contributed by atoms with Gasteiger partial charge < -0.3 is 9.84 Å². The molecule has 3 rings (SSSR count). The molecule has 3 aromatic rings. The minimum Gasteiger partial charge on any atom is -0.478 e. The highest BCUT2D eigenvalue weighted by atomic mass is 32.2. The number of benzene rings is 3. The van der Waals surface area contributed by atoms with Crippen molar-refractivity contribution >= 4 is 27.6 Å². The highest BCUT2D eigenvalue weighted by Gasteiger charge is 2.22. The molecule has 3 aromatic carbocycles. The van der Waals surface area contributed by atoms with Crippen LogP contribution in [0.25, 0.3) is 0 Å². The summed E-state index contributed by atoms with van der Waals surface area (Å²) in [6, 6.07) is 21.3. The molecule has 1 N–H and O–H groups in total. The number of rotatable bonds is 8. The number of hydrogen-bond donors (Lipinski definition) is 1. The fraction of sp³-hybridized carbons (Fsp3) is 0.130. The monoisotopic (exact) mass is 439 g/mol. The van der Waals surface area contributed by atoms with E-state index < -0.39 is 22.0 Å². The molecule has 0 aliphatic rings. The molecule has 0 aliphatic carbocycles. The highest BCUT2D eigenvalue weighted by Crippen LogP contribution is 2.24. The molecule has 0 saturated carbocycles. The average Bonchev–Trinajstić information content (AvgIpc) is 2.77. The molecule has 0 saturated heterocycles. The first-order chi connectivity index (χ1) is 14.8. The summed E-state index contributed by atoms with van der Waals surface area (Å²) in [5.41, 5.74) is 1.15. The molecule has 0 amide bonds. The van der Waals surface area contributed by atoms with Crippen LogP contribution >= 0.6 is 0 Å². The maximum atomic E-state index is 12.8. The van der Waals surface area contributed by atoms with Gasteiger partial charge in [0.2, 0.25) is 10.0 Å². The molecule has 0 fully saturated rings. The molecule has 0 aliphatic heterocycles. The second-order valence-corrected chi connectivity index (χ2v) is 8.84. The summed E-state index contributed by atoms with van der Waals surface area (Å²) in [5, 5.41) is 9.42. The third-order valence-electron chi connectivity index (χ3n) is 4.59. The number of sulfonamides is 1. The third kappa shape index (κ3) is 5.70. The number of esters is 1. The summed E-state index contributed by atoms with van der Waals surface area (Å²) in [5.74, 6) is -2.30. The molecule has 8 heteroatoms. The lowest BCUT2D eigenvalue weighted by Crippen LogP contribution is -2.28. The first-order valence-corrected chi connectivity index (χ1v) is 11.0. The van der Waals surface area contributed by atoms with Crippen molar-refractivity contribution in [3.63, 3.8) is 0 Å². The third-order valence-corrected chi connectivity index (χ3v) is 6.33. The van der Waals surface area contributed by atoms with Gasteiger partial charge in [0, 0.05) is 7.05 Å². The SMILES string of the molecule is CN(c1cc(C(=O)O)cc(C(=O)OCc2ccccc2)c1)S(=O)(=O)Cc1ccccc1. The van der Waals surface area contributed by atoms with Crippen LogP contribution in [0.5, 0.6) is 0 Å². The minimum absolute atomic E-state index is 0.00838. The average molecular weight is 439 g/mol. The van der Waals surface area contributed by atoms with Crippen molar-refractivity contribution in [2.75, 3.05) is 11.4 Å². The van der Waals surface area contributed by atoms with Crippen LogP contribution < -0.4 is 4.31 Å². The number of aromatic carboxylic acids is 1. The van der Waals surface area contributed by atoms with Crippen molar-refractivity contribution in [3.8, 4) is 0 Å². The lowest BCUT2D eigenvalue weighted by molar-refractivity contribution is 0.0472. The number of anilines is 1. The van der Waals surface area contributed by atoms with E-state index in [0.29, 0.717) is 5.56 Å². The summed E-state index contributed by atoms with van der Waals surface area (Å²) < 4.78 is 31.9. The normalized spacial score (nSPS) is 11.0. The Hall–Kier alpha value is -3.65. The van der Waals surface area contributed by atoms with Crippen LogP contribution in [-0.2, 0) is 27.1 Å². The molecule has 0 radical (unpaired) electrons. The van der Waals surface area contributed by atoms with E-state index >= 15 is 0 Å². The van der Waals surface area contributed by atoms with E-state index in [1.54, 1.807) is 54.6 Å². The number of carboxylic acids is 1. The van der Waals surface area contributed by atoms with Gasteiger partial charge in [0.1, 0.15) is 6.61 Å². The van der Waals surface area contributed by atoms with Crippen molar-refractivity contribution in [2.45, 2.75) is 12.4 Å². The number of carbonyl (C=O) groups excluding carboxylic acids is 1. The van der Waals surface area contributed by atoms with Gasteiger partial charge >= 0.3 is 11.9 Å². The highest BCUT2D eigenvalue weighted by molar-refractivity contribution is 7.92. The Balaban J connectivity index is 1.86. The lowest BCUT2D eigenvalue weighted by Gasteiger charge is -2.21.